The van der Waals surface area contributed by atoms with Crippen molar-refractivity contribution in [2.75, 3.05) is 0 Å². The maximum Gasteiger partial charge on any atom is 0.247 e. The fourth-order valence-electron chi connectivity index (χ4n) is 21.6. The van der Waals surface area contributed by atoms with E-state index in [1.54, 1.807) is 11.3 Å². The minimum atomic E-state index is -0.316. The highest BCUT2D eigenvalue weighted by Gasteiger charge is 2.41. The van der Waals surface area contributed by atoms with E-state index in [1.165, 1.54) is 103 Å². The first-order valence-corrected chi connectivity index (χ1v) is 48.1. The van der Waals surface area contributed by atoms with Gasteiger partial charge in [-0.05, 0) is 196 Å². The molecule has 0 aliphatic heterocycles. The van der Waals surface area contributed by atoms with Crippen LogP contribution in [0.25, 0.3) is 269 Å². The Hall–Kier alpha value is -18.3. The first-order valence-electron chi connectivity index (χ1n) is 47.3. The van der Waals surface area contributed by atoms with Gasteiger partial charge in [0.2, 0.25) is 5.71 Å². The van der Waals surface area contributed by atoms with Crippen LogP contribution in [0.2, 0.25) is 0 Å². The van der Waals surface area contributed by atoms with Crippen LogP contribution in [0.1, 0.15) is 25.1 Å². The van der Waals surface area contributed by atoms with Gasteiger partial charge in [-0.3, -0.25) is 23.7 Å². The van der Waals surface area contributed by atoms with Gasteiger partial charge in [0.25, 0.3) is 0 Å². The normalized spacial score (nSPS) is 12.4. The summed E-state index contributed by atoms with van der Waals surface area (Å²) in [5.74, 6) is 2.44. The molecule has 0 radical (unpaired) electrons. The van der Waals surface area contributed by atoms with Crippen LogP contribution in [0.15, 0.2) is 448 Å². The lowest BCUT2D eigenvalue weighted by Gasteiger charge is -2.21. The van der Waals surface area contributed by atoms with Gasteiger partial charge in [-0.1, -0.05) is 329 Å². The predicted molar refractivity (Wildman–Crippen MR) is 580 cm³/mol. The van der Waals surface area contributed by atoms with E-state index in [4.69, 9.17) is 34.3 Å². The topological polar surface area (TPSA) is 131 Å². The van der Waals surface area contributed by atoms with Crippen molar-refractivity contribution < 1.29 is 4.42 Å². The van der Waals surface area contributed by atoms with Gasteiger partial charge in [0.05, 0.1) is 50.2 Å². The number of pyridine rings is 2. The largest absolute Gasteiger partial charge is 0.436 e. The number of aromatic nitrogens is 11. The van der Waals surface area contributed by atoms with Crippen LogP contribution in [0.3, 0.4) is 0 Å². The summed E-state index contributed by atoms with van der Waals surface area (Å²) in [5, 5.41) is 23.7. The Kier molecular flexibility index (Phi) is 18.3. The third kappa shape index (κ3) is 13.0. The molecule has 30 rings (SSSR count). The summed E-state index contributed by atoms with van der Waals surface area (Å²) in [4.78, 5) is 42.7. The molecule has 1 aliphatic carbocycles. The zero-order chi connectivity index (χ0) is 92.4. The lowest BCUT2D eigenvalue weighted by Crippen LogP contribution is -2.18. The summed E-state index contributed by atoms with van der Waals surface area (Å²) in [6, 6.07) is 151. The van der Waals surface area contributed by atoms with Crippen molar-refractivity contribution in [2.45, 2.75) is 19.3 Å². The van der Waals surface area contributed by atoms with Crippen LogP contribution in [-0.4, -0.2) is 53.6 Å². The molecule has 0 N–H and O–H groups in total. The molecule has 19 aromatic carbocycles. The summed E-state index contributed by atoms with van der Waals surface area (Å²) in [6.45, 7) is 4.54. The smallest absolute Gasteiger partial charge is 0.247 e. The van der Waals surface area contributed by atoms with E-state index >= 15 is 0 Å². The first-order chi connectivity index (χ1) is 69.1. The molecule has 0 spiro atoms. The van der Waals surface area contributed by atoms with Gasteiger partial charge < -0.3 is 4.42 Å². The van der Waals surface area contributed by atoms with E-state index in [0.717, 1.165) is 172 Å². The maximum atomic E-state index is 6.39. The van der Waals surface area contributed by atoms with Crippen LogP contribution >= 0.6 is 11.3 Å². The van der Waals surface area contributed by atoms with E-state index in [-0.39, 0.29) is 5.41 Å². The summed E-state index contributed by atoms with van der Waals surface area (Å²) in [6.07, 6.45) is 5.53. The second kappa shape index (κ2) is 31.9. The Morgan fingerprint density at radius 1 is 0.257 bits per heavy atom. The molecule has 0 saturated carbocycles. The Morgan fingerprint density at radius 2 is 0.671 bits per heavy atom. The molecular weight excluding hydrogens is 1730 g/mol. The lowest BCUT2D eigenvalue weighted by atomic mass is 9.84. The highest BCUT2D eigenvalue weighted by molar-refractivity contribution is 7.25. The molecule has 0 unspecified atom stereocenters. The number of rotatable bonds is 9. The van der Waals surface area contributed by atoms with Crippen LogP contribution in [0.4, 0.5) is 0 Å². The average molecular weight is 1810 g/mol. The van der Waals surface area contributed by atoms with Crippen LogP contribution in [0.5, 0.6) is 0 Å². The summed E-state index contributed by atoms with van der Waals surface area (Å²) in [7, 11) is 0. The van der Waals surface area contributed by atoms with E-state index in [1.807, 2.05) is 73.2 Å². The van der Waals surface area contributed by atoms with Crippen molar-refractivity contribution in [1.82, 2.24) is 53.6 Å². The molecular formula is C127H79N11OS. The number of hydrogen-bond donors (Lipinski definition) is 0. The zero-order valence-corrected chi connectivity index (χ0v) is 76.7. The molecule has 10 aromatic heterocycles. The molecule has 140 heavy (non-hydrogen) atoms. The quantitative estimate of drug-likeness (QED) is 0.139. The third-order valence-electron chi connectivity index (χ3n) is 28.4. The van der Waals surface area contributed by atoms with Crippen molar-refractivity contribution in [3.63, 3.8) is 0 Å². The van der Waals surface area contributed by atoms with Gasteiger partial charge in [-0.2, -0.15) is 0 Å². The Bertz CT molecular complexity index is 9990. The van der Waals surface area contributed by atoms with Crippen LogP contribution in [0, 0.1) is 0 Å². The molecule has 29 aromatic rings. The van der Waals surface area contributed by atoms with E-state index < -0.39 is 0 Å². The van der Waals surface area contributed by atoms with Gasteiger partial charge >= 0.3 is 0 Å². The SMILES string of the molecule is CC1(C)c2ccc(-c3ccncc3)cc2-c2nc(-n3c4cc5ccccc5cc4c4cc5ccccc5cc43)c(-c3ccccc3)nc21.c1ccc(-c2ccc3oc4nc(-c5ccccc5)c(-n5c6cc7ccccc7cc6c6cc7ccccc7cc65)nc4c3c2)cc1.c1ccc(-c2nc3sc4cc(-c5ccccn5)ccc4c3nc2-n2c3cc4ccccc4cc3c3ccc4ccccc4c32)cc1. The number of thiophene rings is 1. The molecule has 0 bridgehead atoms. The maximum absolute atomic E-state index is 6.39. The van der Waals surface area contributed by atoms with Crippen LogP contribution < -0.4 is 0 Å². The average Bonchev–Trinajstić information content (AvgIpc) is 1.56. The molecule has 13 heteroatoms. The highest BCUT2D eigenvalue weighted by atomic mass is 32.1. The number of nitrogens with zero attached hydrogens (tertiary/aromatic N) is 11. The Morgan fingerprint density at radius 3 is 1.20 bits per heavy atom. The summed E-state index contributed by atoms with van der Waals surface area (Å²) < 4.78 is 14.6. The minimum Gasteiger partial charge on any atom is -0.436 e. The minimum absolute atomic E-state index is 0.316. The Labute approximate surface area is 806 Å². The lowest BCUT2D eigenvalue weighted by molar-refractivity contribution is 0.635. The third-order valence-corrected chi connectivity index (χ3v) is 29.4. The standard InChI is InChI=1S/C44H30N4.C42H25N3O.C41H24N4S/c1-44(2)37-17-16-33(27-18-20-45-21-19-27)24-36(37)41-42(44)46-40(28-10-4-3-5-11-28)43(47-41)48-38-25-31-14-8-6-12-29(31)22-34(38)35-23-30-13-7-9-15-32(30)26-39(35)48;1-3-11-26(12-4-1)32-19-20-38-35(23-32)40-42(46-38)44-39(27-13-5-2-6-14-27)41(43-40)45-36-24-30-17-9-7-15-28(30)21-33(36)34-22-29-16-8-10-18-31(29)25-37(34)45;1-2-11-26(12-3-1)37-40(43-38-32-20-18-29(34-16-8-9-21-42-34)24-36(32)46-41(38)44-37)45-35-23-28-14-5-4-13-27(28)22-33(35)31-19-17-25-10-6-7-15-30(25)39(31)45/h3-26H,1-2H3;1-25H;1-24H. The van der Waals surface area contributed by atoms with Gasteiger partial charge in [-0.15, -0.1) is 11.3 Å². The number of fused-ring (bicyclic) bond motifs is 25. The number of benzene rings is 19. The number of hydrogen-bond acceptors (Lipinski definition) is 10. The summed E-state index contributed by atoms with van der Waals surface area (Å²) in [5.41, 5.74) is 25.8. The van der Waals surface area contributed by atoms with Crippen molar-refractivity contribution in [2.24, 2.45) is 0 Å². The van der Waals surface area contributed by atoms with E-state index in [9.17, 15) is 0 Å². The molecule has 0 amide bonds. The van der Waals surface area contributed by atoms with Crippen molar-refractivity contribution >= 4 is 184 Å². The van der Waals surface area contributed by atoms with E-state index in [2.05, 4.69) is 408 Å². The van der Waals surface area contributed by atoms with E-state index in [0.29, 0.717) is 5.71 Å². The zero-order valence-electron chi connectivity index (χ0n) is 75.9. The van der Waals surface area contributed by atoms with Crippen molar-refractivity contribution in [1.29, 1.82) is 0 Å². The second-order valence-corrected chi connectivity index (χ2v) is 37.9. The van der Waals surface area contributed by atoms with Crippen molar-refractivity contribution in [3.8, 4) is 96.0 Å². The highest BCUT2D eigenvalue weighted by Crippen LogP contribution is 2.52. The molecule has 0 saturated heterocycles. The second-order valence-electron chi connectivity index (χ2n) is 36.9. The molecule has 654 valence electrons. The van der Waals surface area contributed by atoms with Gasteiger partial charge in [-0.25, -0.2) is 29.9 Å². The number of furan rings is 1. The molecule has 10 heterocycles. The predicted octanol–water partition coefficient (Wildman–Crippen LogP) is 33.0. The fraction of sp³-hybridized carbons (Fsp3) is 0.0236. The fourth-order valence-corrected chi connectivity index (χ4v) is 22.6. The van der Waals surface area contributed by atoms with Gasteiger partial charge in [0.15, 0.2) is 17.5 Å². The Balaban J connectivity index is 0.000000103. The van der Waals surface area contributed by atoms with Gasteiger partial charge in [0.1, 0.15) is 38.5 Å². The van der Waals surface area contributed by atoms with Gasteiger partial charge in [0, 0.05) is 105 Å². The monoisotopic (exact) mass is 1810 g/mol. The molecule has 12 nitrogen and oxygen atoms in total. The molecule has 0 fully saturated rings. The first kappa shape index (κ1) is 80.2. The van der Waals surface area contributed by atoms with Crippen molar-refractivity contribution in [3.05, 3.63) is 454 Å². The molecule has 1 aliphatic rings. The molecule has 0 atom stereocenters. The summed E-state index contributed by atoms with van der Waals surface area (Å²) >= 11 is 1.69. The van der Waals surface area contributed by atoms with Crippen LogP contribution in [-0.2, 0) is 5.41 Å².